The van der Waals surface area contributed by atoms with Crippen molar-refractivity contribution >= 4 is 12.0 Å². The first-order valence-electron chi connectivity index (χ1n) is 5.72. The van der Waals surface area contributed by atoms with Gasteiger partial charge in [0.05, 0.1) is 23.9 Å². The fourth-order valence-electron chi connectivity index (χ4n) is 1.47. The molecule has 94 valence electrons. The highest BCUT2D eigenvalue weighted by molar-refractivity contribution is 5.91. The highest BCUT2D eigenvalue weighted by atomic mass is 16.1. The smallest absolute Gasteiger partial charge is 0.244 e. The van der Waals surface area contributed by atoms with E-state index in [1.165, 1.54) is 6.08 Å². The zero-order valence-corrected chi connectivity index (χ0v) is 10.1. The minimum atomic E-state index is -0.182. The number of rotatable bonds is 4. The summed E-state index contributed by atoms with van der Waals surface area (Å²) in [7, 11) is 0. The molecule has 0 radical (unpaired) electrons. The van der Waals surface area contributed by atoms with E-state index in [1.807, 2.05) is 6.07 Å². The summed E-state index contributed by atoms with van der Waals surface area (Å²) < 4.78 is 0. The number of aromatic nitrogens is 2. The van der Waals surface area contributed by atoms with Crippen molar-refractivity contribution in [1.82, 2.24) is 15.5 Å². The lowest BCUT2D eigenvalue weighted by atomic mass is 10.1. The molecule has 1 heterocycles. The van der Waals surface area contributed by atoms with Crippen molar-refractivity contribution in [3.63, 3.8) is 0 Å². The Labute approximate surface area is 110 Å². The van der Waals surface area contributed by atoms with Crippen LogP contribution in [-0.4, -0.2) is 16.1 Å². The standard InChI is InChI=1S/C14H12N4O/c15-9-12-3-1-11(2-4-12)5-6-14(19)16-10-13-7-8-17-18-13/h1-8H,10H2,(H,16,19)(H,17,18). The van der Waals surface area contributed by atoms with Gasteiger partial charge in [0.25, 0.3) is 0 Å². The maximum atomic E-state index is 11.6. The molecule has 19 heavy (non-hydrogen) atoms. The van der Waals surface area contributed by atoms with E-state index in [0.29, 0.717) is 12.1 Å². The second-order valence-corrected chi connectivity index (χ2v) is 3.87. The molecule has 5 heteroatoms. The van der Waals surface area contributed by atoms with Gasteiger partial charge < -0.3 is 5.32 Å². The summed E-state index contributed by atoms with van der Waals surface area (Å²) in [5.41, 5.74) is 2.32. The third-order valence-corrected chi connectivity index (χ3v) is 2.48. The third kappa shape index (κ3) is 3.82. The molecule has 1 aromatic heterocycles. The molecule has 1 amide bonds. The van der Waals surface area contributed by atoms with Crippen LogP contribution >= 0.6 is 0 Å². The summed E-state index contributed by atoms with van der Waals surface area (Å²) in [4.78, 5) is 11.6. The van der Waals surface area contributed by atoms with Gasteiger partial charge in [-0.15, -0.1) is 0 Å². The van der Waals surface area contributed by atoms with Gasteiger partial charge in [0.1, 0.15) is 0 Å². The SMILES string of the molecule is N#Cc1ccc(C=CC(=O)NCc2ccn[nH]2)cc1. The fraction of sp³-hybridized carbons (Fsp3) is 0.0714. The summed E-state index contributed by atoms with van der Waals surface area (Å²) in [6.45, 7) is 0.413. The minimum absolute atomic E-state index is 0.182. The molecule has 2 rings (SSSR count). The van der Waals surface area contributed by atoms with E-state index in [1.54, 1.807) is 42.6 Å². The van der Waals surface area contributed by atoms with E-state index in [0.717, 1.165) is 11.3 Å². The Morgan fingerprint density at radius 1 is 1.37 bits per heavy atom. The molecule has 0 saturated heterocycles. The van der Waals surface area contributed by atoms with Gasteiger partial charge in [-0.05, 0) is 29.8 Å². The van der Waals surface area contributed by atoms with Crippen LogP contribution in [0.2, 0.25) is 0 Å². The van der Waals surface area contributed by atoms with E-state index in [9.17, 15) is 4.79 Å². The van der Waals surface area contributed by atoms with Crippen LogP contribution < -0.4 is 5.32 Å². The molecule has 2 aromatic rings. The maximum Gasteiger partial charge on any atom is 0.244 e. The van der Waals surface area contributed by atoms with Gasteiger partial charge in [0.2, 0.25) is 5.91 Å². The Morgan fingerprint density at radius 3 is 2.79 bits per heavy atom. The minimum Gasteiger partial charge on any atom is -0.347 e. The number of nitrogens with zero attached hydrogens (tertiary/aromatic N) is 2. The number of nitrogens with one attached hydrogen (secondary N) is 2. The Morgan fingerprint density at radius 2 is 2.16 bits per heavy atom. The monoisotopic (exact) mass is 252 g/mol. The highest BCUT2D eigenvalue weighted by Crippen LogP contribution is 2.05. The summed E-state index contributed by atoms with van der Waals surface area (Å²) in [5, 5.41) is 17.9. The van der Waals surface area contributed by atoms with Crippen molar-refractivity contribution in [2.45, 2.75) is 6.54 Å². The first-order chi connectivity index (χ1) is 9.28. The molecule has 0 aliphatic carbocycles. The van der Waals surface area contributed by atoms with Crippen LogP contribution in [0.25, 0.3) is 6.08 Å². The largest absolute Gasteiger partial charge is 0.347 e. The molecule has 0 atom stereocenters. The molecule has 2 N–H and O–H groups in total. The molecule has 0 saturated carbocycles. The summed E-state index contributed by atoms with van der Waals surface area (Å²) in [5.74, 6) is -0.182. The molecule has 5 nitrogen and oxygen atoms in total. The lowest BCUT2D eigenvalue weighted by Gasteiger charge is -1.99. The predicted molar refractivity (Wildman–Crippen MR) is 70.6 cm³/mol. The number of benzene rings is 1. The lowest BCUT2D eigenvalue weighted by molar-refractivity contribution is -0.116. The van der Waals surface area contributed by atoms with E-state index in [4.69, 9.17) is 5.26 Å². The van der Waals surface area contributed by atoms with Crippen LogP contribution in [0.1, 0.15) is 16.8 Å². The number of hydrogen-bond donors (Lipinski definition) is 2. The van der Waals surface area contributed by atoms with Crippen molar-refractivity contribution in [1.29, 1.82) is 5.26 Å². The molecule has 0 fully saturated rings. The Hall–Kier alpha value is -2.87. The lowest BCUT2D eigenvalue weighted by Crippen LogP contribution is -2.20. The van der Waals surface area contributed by atoms with Gasteiger partial charge in [-0.1, -0.05) is 12.1 Å². The van der Waals surface area contributed by atoms with Gasteiger partial charge in [-0.3, -0.25) is 9.89 Å². The van der Waals surface area contributed by atoms with E-state index >= 15 is 0 Å². The van der Waals surface area contributed by atoms with Gasteiger partial charge in [0, 0.05) is 12.3 Å². The molecule has 0 spiro atoms. The normalized spacial score (nSPS) is 10.3. The van der Waals surface area contributed by atoms with Crippen molar-refractivity contribution in [2.24, 2.45) is 0 Å². The van der Waals surface area contributed by atoms with Gasteiger partial charge in [-0.2, -0.15) is 10.4 Å². The predicted octanol–water partition coefficient (Wildman–Crippen LogP) is 1.61. The van der Waals surface area contributed by atoms with Crippen molar-refractivity contribution in [3.05, 3.63) is 59.4 Å². The fourth-order valence-corrected chi connectivity index (χ4v) is 1.47. The summed E-state index contributed by atoms with van der Waals surface area (Å²) in [6.07, 6.45) is 4.79. The van der Waals surface area contributed by atoms with Crippen molar-refractivity contribution < 1.29 is 4.79 Å². The molecular weight excluding hydrogens is 240 g/mol. The average molecular weight is 252 g/mol. The first-order valence-corrected chi connectivity index (χ1v) is 5.72. The van der Waals surface area contributed by atoms with Crippen molar-refractivity contribution in [3.8, 4) is 6.07 Å². The zero-order valence-electron chi connectivity index (χ0n) is 10.1. The first kappa shape index (κ1) is 12.6. The Bertz CT molecular complexity index is 606. The Balaban J connectivity index is 1.87. The number of aromatic amines is 1. The summed E-state index contributed by atoms with van der Waals surface area (Å²) >= 11 is 0. The molecule has 0 bridgehead atoms. The quantitative estimate of drug-likeness (QED) is 0.811. The highest BCUT2D eigenvalue weighted by Gasteiger charge is 1.97. The molecule has 0 aliphatic rings. The number of amides is 1. The van der Waals surface area contributed by atoms with Crippen LogP contribution in [0.3, 0.4) is 0 Å². The molecular formula is C14H12N4O. The van der Waals surface area contributed by atoms with E-state index in [-0.39, 0.29) is 5.91 Å². The van der Waals surface area contributed by atoms with E-state index in [2.05, 4.69) is 15.5 Å². The van der Waals surface area contributed by atoms with Gasteiger partial charge >= 0.3 is 0 Å². The molecule has 0 unspecified atom stereocenters. The zero-order chi connectivity index (χ0) is 13.5. The number of carbonyl (C=O) groups is 1. The van der Waals surface area contributed by atoms with Gasteiger partial charge in [-0.25, -0.2) is 0 Å². The average Bonchev–Trinajstić information content (AvgIpc) is 2.96. The summed E-state index contributed by atoms with van der Waals surface area (Å²) in [6, 6.07) is 10.8. The van der Waals surface area contributed by atoms with Crippen LogP contribution in [0.5, 0.6) is 0 Å². The number of nitriles is 1. The van der Waals surface area contributed by atoms with Crippen LogP contribution in [0.4, 0.5) is 0 Å². The van der Waals surface area contributed by atoms with E-state index < -0.39 is 0 Å². The van der Waals surface area contributed by atoms with Gasteiger partial charge in [0.15, 0.2) is 0 Å². The second kappa shape index (κ2) is 6.17. The molecule has 0 aliphatic heterocycles. The Kier molecular flexibility index (Phi) is 4.09. The third-order valence-electron chi connectivity index (χ3n) is 2.48. The van der Waals surface area contributed by atoms with Crippen LogP contribution in [-0.2, 0) is 11.3 Å². The van der Waals surface area contributed by atoms with Crippen LogP contribution in [0, 0.1) is 11.3 Å². The number of carbonyl (C=O) groups excluding carboxylic acids is 1. The maximum absolute atomic E-state index is 11.6. The topological polar surface area (TPSA) is 81.6 Å². The molecule has 1 aromatic carbocycles. The number of hydrogen-bond acceptors (Lipinski definition) is 3. The van der Waals surface area contributed by atoms with Crippen molar-refractivity contribution in [2.75, 3.05) is 0 Å². The van der Waals surface area contributed by atoms with Crippen LogP contribution in [0.15, 0.2) is 42.6 Å². The second-order valence-electron chi connectivity index (χ2n) is 3.87. The number of H-pyrrole nitrogens is 1.